The molecule has 13 nitrogen and oxygen atoms in total. The van der Waals surface area contributed by atoms with Gasteiger partial charge in [0.25, 0.3) is 11.8 Å². The van der Waals surface area contributed by atoms with Crippen molar-refractivity contribution in [1.82, 2.24) is 25.6 Å². The Morgan fingerprint density at radius 2 is 1.52 bits per heavy atom. The number of rotatable bonds is 17. The van der Waals surface area contributed by atoms with Crippen LogP contribution in [0.1, 0.15) is 40.7 Å². The average molecular weight is 816 g/mol. The summed E-state index contributed by atoms with van der Waals surface area (Å²) >= 11 is 6.04. The lowest BCUT2D eigenvalue weighted by Crippen LogP contribution is -2.44. The van der Waals surface area contributed by atoms with Gasteiger partial charge in [0.2, 0.25) is 17.7 Å². The molecule has 4 N–H and O–H groups in total. The third-order valence-electron chi connectivity index (χ3n) is 9.10. The molecule has 5 aromatic rings. The zero-order chi connectivity index (χ0) is 41.3. The van der Waals surface area contributed by atoms with Gasteiger partial charge >= 0.3 is 18.2 Å². The van der Waals surface area contributed by atoms with Gasteiger partial charge in [-0.15, -0.1) is 0 Å². The lowest BCUT2D eigenvalue weighted by atomic mass is 9.96. The Balaban J connectivity index is 1.06. The highest BCUT2D eigenvalue weighted by atomic mass is 35.5. The number of ketones is 1. The Labute approximate surface area is 335 Å². The van der Waals surface area contributed by atoms with Gasteiger partial charge in [-0.25, -0.2) is 4.79 Å². The summed E-state index contributed by atoms with van der Waals surface area (Å²) in [5, 5.41) is 11.7. The first-order valence-electron chi connectivity index (χ1n) is 18.0. The first-order chi connectivity index (χ1) is 27.8. The first kappa shape index (κ1) is 41.1. The molecule has 1 aromatic heterocycles. The Morgan fingerprint density at radius 3 is 2.19 bits per heavy atom. The molecule has 1 aliphatic rings. The van der Waals surface area contributed by atoms with Gasteiger partial charge in [0.15, 0.2) is 6.61 Å². The third kappa shape index (κ3) is 11.1. The first-order valence-corrected chi connectivity index (χ1v) is 18.4. The number of hydrogen-bond acceptors (Lipinski definition) is 11. The fraction of sp³-hybridized carbons (Fsp3) is 0.244. The molecular weight excluding hydrogens is 779 g/mol. The number of amides is 2. The molecule has 0 bridgehead atoms. The van der Waals surface area contributed by atoms with Gasteiger partial charge in [0, 0.05) is 29.2 Å². The number of benzene rings is 4. The molecule has 1 atom stereocenters. The Kier molecular flexibility index (Phi) is 12.9. The van der Waals surface area contributed by atoms with Crippen LogP contribution in [0.2, 0.25) is 5.02 Å². The SMILES string of the molecule is COC(=O)[C@@H](CCNC(=O)C(=O)Cc1ccccc1-c1ccccc1)NC(=O)c1ccc(Nc2nc(NC3(c4ccc(Cl)cc4)CC3)nc(OCC(F)(F)F)n2)cc1. The highest BCUT2D eigenvalue weighted by Gasteiger charge is 2.45. The molecule has 17 heteroatoms. The number of carbonyl (C=O) groups excluding carboxylic acids is 4. The van der Waals surface area contributed by atoms with Crippen LogP contribution in [0, 0.1) is 0 Å². The van der Waals surface area contributed by atoms with Crippen molar-refractivity contribution in [3.8, 4) is 17.1 Å². The molecule has 58 heavy (non-hydrogen) atoms. The van der Waals surface area contributed by atoms with Crippen molar-refractivity contribution in [2.45, 2.75) is 43.4 Å². The Bertz CT molecular complexity index is 2260. The molecule has 4 aromatic carbocycles. The maximum atomic E-state index is 13.2. The van der Waals surface area contributed by atoms with E-state index in [1.54, 1.807) is 24.3 Å². The van der Waals surface area contributed by atoms with Crippen LogP contribution in [0.4, 0.5) is 30.8 Å². The molecule has 0 unspecified atom stereocenters. The van der Waals surface area contributed by atoms with Crippen molar-refractivity contribution in [2.75, 3.05) is 30.9 Å². The number of nitrogens with one attached hydrogen (secondary N) is 4. The van der Waals surface area contributed by atoms with E-state index in [0.29, 0.717) is 29.1 Å². The van der Waals surface area contributed by atoms with Gasteiger partial charge in [-0.2, -0.15) is 28.1 Å². The summed E-state index contributed by atoms with van der Waals surface area (Å²) in [6.07, 6.45) is -3.43. The second-order valence-electron chi connectivity index (χ2n) is 13.3. The molecule has 6 rings (SSSR count). The van der Waals surface area contributed by atoms with E-state index in [0.717, 1.165) is 23.8 Å². The molecule has 300 valence electrons. The Morgan fingerprint density at radius 1 is 0.845 bits per heavy atom. The third-order valence-corrected chi connectivity index (χ3v) is 9.35. The predicted molar refractivity (Wildman–Crippen MR) is 209 cm³/mol. The van der Waals surface area contributed by atoms with Crippen molar-refractivity contribution in [1.29, 1.82) is 0 Å². The second kappa shape index (κ2) is 18.1. The maximum absolute atomic E-state index is 13.2. The maximum Gasteiger partial charge on any atom is 0.422 e. The standard InChI is InChI=1S/C41H37ClF3N7O6/c1-57-36(56)32(19-22-46-35(55)33(53)23-27-9-5-6-10-31(27)25-7-3-2-4-8-25)48-34(54)26-11-17-30(18-12-26)47-37-49-38(51-39(50-37)58-24-41(43,44)45)52-40(20-21-40)28-13-15-29(42)16-14-28/h2-18,32H,19-24H2,1H3,(H,46,55)(H,48,54)(H2,47,49,50,51,52)/t32-/m1/s1. The van der Waals surface area contributed by atoms with Crippen LogP contribution in [0.15, 0.2) is 103 Å². The molecule has 2 amide bonds. The van der Waals surface area contributed by atoms with Crippen LogP contribution in [0.5, 0.6) is 6.01 Å². The minimum atomic E-state index is -4.64. The van der Waals surface area contributed by atoms with Gasteiger partial charge in [0.1, 0.15) is 6.04 Å². The minimum Gasteiger partial charge on any atom is -0.467 e. The van der Waals surface area contributed by atoms with Gasteiger partial charge in [0.05, 0.1) is 12.6 Å². The molecule has 1 fully saturated rings. The van der Waals surface area contributed by atoms with Crippen molar-refractivity contribution in [3.63, 3.8) is 0 Å². The summed E-state index contributed by atoms with van der Waals surface area (Å²) in [6, 6.07) is 28.0. The smallest absolute Gasteiger partial charge is 0.422 e. The van der Waals surface area contributed by atoms with E-state index in [4.69, 9.17) is 21.1 Å². The van der Waals surface area contributed by atoms with Crippen LogP contribution in [-0.2, 0) is 31.1 Å². The van der Waals surface area contributed by atoms with Crippen molar-refractivity contribution in [3.05, 3.63) is 125 Å². The summed E-state index contributed by atoms with van der Waals surface area (Å²) < 4.78 is 48.7. The molecule has 1 heterocycles. The van der Waals surface area contributed by atoms with E-state index < -0.39 is 53.9 Å². The number of alkyl halides is 3. The lowest BCUT2D eigenvalue weighted by Gasteiger charge is -2.19. The van der Waals surface area contributed by atoms with Crippen LogP contribution < -0.4 is 26.0 Å². The quantitative estimate of drug-likeness (QED) is 0.0591. The number of anilines is 3. The molecule has 0 radical (unpaired) electrons. The van der Waals surface area contributed by atoms with E-state index in [1.165, 1.54) is 24.3 Å². The van der Waals surface area contributed by atoms with E-state index in [1.807, 2.05) is 54.6 Å². The molecular formula is C41H37ClF3N7O6. The normalized spacial score (nSPS) is 13.4. The second-order valence-corrected chi connectivity index (χ2v) is 13.7. The predicted octanol–water partition coefficient (Wildman–Crippen LogP) is 6.57. The molecule has 1 saturated carbocycles. The molecule has 0 spiro atoms. The summed E-state index contributed by atoms with van der Waals surface area (Å²) in [7, 11) is 1.15. The van der Waals surface area contributed by atoms with Crippen LogP contribution in [0.3, 0.4) is 0 Å². The highest BCUT2D eigenvalue weighted by Crippen LogP contribution is 2.48. The number of methoxy groups -OCH3 is 1. The van der Waals surface area contributed by atoms with Crippen LogP contribution >= 0.6 is 11.6 Å². The number of aromatic nitrogens is 3. The monoisotopic (exact) mass is 815 g/mol. The summed E-state index contributed by atoms with van der Waals surface area (Å²) in [6.45, 7) is -1.74. The van der Waals surface area contributed by atoms with Gasteiger partial charge in [-0.3, -0.25) is 14.4 Å². The van der Waals surface area contributed by atoms with Crippen molar-refractivity contribution in [2.24, 2.45) is 0 Å². The van der Waals surface area contributed by atoms with Crippen molar-refractivity contribution < 1.29 is 41.8 Å². The number of halogens is 4. The topological polar surface area (TPSA) is 174 Å². The minimum absolute atomic E-state index is 0.0269. The van der Waals surface area contributed by atoms with Gasteiger partial charge in [-0.05, 0) is 77.9 Å². The highest BCUT2D eigenvalue weighted by molar-refractivity contribution is 6.36. The number of carbonyl (C=O) groups is 4. The average Bonchev–Trinajstić information content (AvgIpc) is 4.00. The summed E-state index contributed by atoms with van der Waals surface area (Å²) in [5.41, 5.74) is 3.25. The van der Waals surface area contributed by atoms with E-state index in [2.05, 4.69) is 36.2 Å². The van der Waals surface area contributed by atoms with Crippen LogP contribution in [0.25, 0.3) is 11.1 Å². The van der Waals surface area contributed by atoms with Gasteiger partial charge < -0.3 is 30.7 Å². The van der Waals surface area contributed by atoms with E-state index in [-0.39, 0.29) is 36.8 Å². The molecule has 0 saturated heterocycles. The molecule has 1 aliphatic carbocycles. The lowest BCUT2D eigenvalue weighted by molar-refractivity contribution is -0.154. The fourth-order valence-electron chi connectivity index (χ4n) is 6.00. The number of ether oxygens (including phenoxy) is 2. The van der Waals surface area contributed by atoms with Crippen molar-refractivity contribution >= 4 is 52.8 Å². The Hall–Kier alpha value is -6.55. The van der Waals surface area contributed by atoms with Crippen LogP contribution in [-0.4, -0.2) is 71.0 Å². The molecule has 0 aliphatic heterocycles. The largest absolute Gasteiger partial charge is 0.467 e. The zero-order valence-electron chi connectivity index (χ0n) is 30.9. The summed E-state index contributed by atoms with van der Waals surface area (Å²) in [4.78, 5) is 63.7. The number of nitrogens with zero attached hydrogens (tertiary/aromatic N) is 3. The van der Waals surface area contributed by atoms with Gasteiger partial charge in [-0.1, -0.05) is 78.3 Å². The number of hydrogen-bond donors (Lipinski definition) is 4. The van der Waals surface area contributed by atoms with E-state index in [9.17, 15) is 32.3 Å². The summed E-state index contributed by atoms with van der Waals surface area (Å²) in [5.74, 6) is -3.08. The zero-order valence-corrected chi connectivity index (χ0v) is 31.7. The fourth-order valence-corrected chi connectivity index (χ4v) is 6.12. The number of Topliss-reactive ketones (excluding diaryl/α,β-unsaturated/α-hetero) is 1. The number of esters is 1. The van der Waals surface area contributed by atoms with E-state index >= 15 is 0 Å².